The highest BCUT2D eigenvalue weighted by Crippen LogP contribution is 2.22. The molecule has 0 radical (unpaired) electrons. The Morgan fingerprint density at radius 1 is 1.16 bits per heavy atom. The summed E-state index contributed by atoms with van der Waals surface area (Å²) >= 11 is 5.58. The quantitative estimate of drug-likeness (QED) is 0.856. The van der Waals surface area contributed by atoms with Gasteiger partial charge in [0, 0.05) is 10.7 Å². The van der Waals surface area contributed by atoms with Crippen LogP contribution >= 0.6 is 11.6 Å². The molecule has 0 spiro atoms. The second-order valence-corrected chi connectivity index (χ2v) is 5.89. The third-order valence-corrected chi connectivity index (χ3v) is 3.97. The molecule has 19 heavy (non-hydrogen) atoms. The summed E-state index contributed by atoms with van der Waals surface area (Å²) in [5, 5.41) is 0.125. The molecular weight excluding hydrogens is 291 g/mol. The Balaban J connectivity index is 2.38. The molecular formula is C12H10ClFN2O2S. The van der Waals surface area contributed by atoms with Crippen molar-refractivity contribution in [3.63, 3.8) is 0 Å². The van der Waals surface area contributed by atoms with Crippen LogP contribution < -0.4 is 10.5 Å². The molecule has 2 aromatic carbocycles. The van der Waals surface area contributed by atoms with Gasteiger partial charge in [0.1, 0.15) is 10.7 Å². The molecule has 0 amide bonds. The minimum atomic E-state index is -4.02. The molecule has 0 unspecified atom stereocenters. The van der Waals surface area contributed by atoms with Gasteiger partial charge in [-0.05, 0) is 36.4 Å². The molecule has 7 heteroatoms. The topological polar surface area (TPSA) is 72.2 Å². The van der Waals surface area contributed by atoms with Crippen LogP contribution in [0.1, 0.15) is 0 Å². The molecule has 0 saturated carbocycles. The van der Waals surface area contributed by atoms with Crippen LogP contribution in [0.15, 0.2) is 47.4 Å². The first-order valence-electron chi connectivity index (χ1n) is 5.22. The zero-order valence-electron chi connectivity index (χ0n) is 9.60. The fourth-order valence-electron chi connectivity index (χ4n) is 1.51. The van der Waals surface area contributed by atoms with Gasteiger partial charge in [0.25, 0.3) is 10.0 Å². The van der Waals surface area contributed by atoms with Gasteiger partial charge in [-0.25, -0.2) is 12.8 Å². The van der Waals surface area contributed by atoms with Crippen molar-refractivity contribution in [2.24, 2.45) is 0 Å². The number of benzene rings is 2. The van der Waals surface area contributed by atoms with Crippen molar-refractivity contribution in [2.75, 3.05) is 10.5 Å². The lowest BCUT2D eigenvalue weighted by Gasteiger charge is -2.09. The summed E-state index contributed by atoms with van der Waals surface area (Å²) in [5.74, 6) is -0.913. The Morgan fingerprint density at radius 2 is 1.89 bits per heavy atom. The molecule has 0 fully saturated rings. The van der Waals surface area contributed by atoms with E-state index in [0.717, 1.165) is 12.1 Å². The van der Waals surface area contributed by atoms with Crippen molar-refractivity contribution in [2.45, 2.75) is 4.90 Å². The molecule has 0 aliphatic rings. The summed E-state index contributed by atoms with van der Waals surface area (Å²) < 4.78 is 39.9. The summed E-state index contributed by atoms with van der Waals surface area (Å²) in [6, 6.07) is 9.50. The normalized spacial score (nSPS) is 11.3. The maximum Gasteiger partial charge on any atom is 0.264 e. The zero-order valence-corrected chi connectivity index (χ0v) is 11.2. The number of nitrogens with two attached hydrogens (primary N) is 1. The smallest absolute Gasteiger partial charge is 0.264 e. The predicted octanol–water partition coefficient (Wildman–Crippen LogP) is 2.86. The number of sulfonamides is 1. The van der Waals surface area contributed by atoms with E-state index in [9.17, 15) is 12.8 Å². The van der Waals surface area contributed by atoms with Gasteiger partial charge in [0.05, 0.1) is 5.69 Å². The van der Waals surface area contributed by atoms with Crippen LogP contribution in [0, 0.1) is 5.82 Å². The first-order valence-corrected chi connectivity index (χ1v) is 7.08. The van der Waals surface area contributed by atoms with E-state index in [-0.39, 0.29) is 10.7 Å². The molecule has 3 N–H and O–H groups in total. The fourth-order valence-corrected chi connectivity index (χ4v) is 2.77. The van der Waals surface area contributed by atoms with E-state index in [1.807, 2.05) is 0 Å². The van der Waals surface area contributed by atoms with Crippen molar-refractivity contribution < 1.29 is 12.8 Å². The number of hydrogen-bond donors (Lipinski definition) is 2. The van der Waals surface area contributed by atoms with Gasteiger partial charge in [-0.3, -0.25) is 4.72 Å². The van der Waals surface area contributed by atoms with E-state index in [2.05, 4.69) is 4.72 Å². The standard InChI is InChI=1S/C12H10ClFN2O2S/c13-8-4-5-12(11(14)6-8)19(17,18)16-10-3-1-2-9(15)7-10/h1-7,16H,15H2. The monoisotopic (exact) mass is 300 g/mol. The fraction of sp³-hybridized carbons (Fsp3) is 0. The van der Waals surface area contributed by atoms with E-state index in [4.69, 9.17) is 17.3 Å². The average Bonchev–Trinajstić information content (AvgIpc) is 2.27. The minimum Gasteiger partial charge on any atom is -0.399 e. The lowest BCUT2D eigenvalue weighted by Crippen LogP contribution is -2.14. The Morgan fingerprint density at radius 3 is 2.53 bits per heavy atom. The Hall–Kier alpha value is -1.79. The Bertz CT molecular complexity index is 719. The van der Waals surface area contributed by atoms with Crippen LogP contribution in [0.3, 0.4) is 0 Å². The van der Waals surface area contributed by atoms with Crippen LogP contribution in [0.25, 0.3) is 0 Å². The number of nitrogen functional groups attached to an aromatic ring is 1. The van der Waals surface area contributed by atoms with E-state index < -0.39 is 20.7 Å². The molecule has 0 saturated heterocycles. The first kappa shape index (κ1) is 13.6. The molecule has 0 atom stereocenters. The number of rotatable bonds is 3. The molecule has 0 aromatic heterocycles. The Kier molecular flexibility index (Phi) is 3.64. The lowest BCUT2D eigenvalue weighted by molar-refractivity contribution is 0.570. The molecule has 0 aliphatic carbocycles. The van der Waals surface area contributed by atoms with Crippen LogP contribution in [0.5, 0.6) is 0 Å². The van der Waals surface area contributed by atoms with Crippen molar-refractivity contribution >= 4 is 33.0 Å². The predicted molar refractivity (Wildman–Crippen MR) is 73.1 cm³/mol. The molecule has 2 aromatic rings. The van der Waals surface area contributed by atoms with Gasteiger partial charge in [-0.15, -0.1) is 0 Å². The van der Waals surface area contributed by atoms with Crippen LogP contribution in [-0.4, -0.2) is 8.42 Å². The van der Waals surface area contributed by atoms with E-state index in [1.54, 1.807) is 12.1 Å². The van der Waals surface area contributed by atoms with Crippen LogP contribution in [0.4, 0.5) is 15.8 Å². The third-order valence-electron chi connectivity index (χ3n) is 2.32. The van der Waals surface area contributed by atoms with Gasteiger partial charge < -0.3 is 5.73 Å². The summed E-state index contributed by atoms with van der Waals surface area (Å²) in [5.41, 5.74) is 6.20. The molecule has 0 heterocycles. The highest BCUT2D eigenvalue weighted by Gasteiger charge is 2.19. The number of halogens is 2. The SMILES string of the molecule is Nc1cccc(NS(=O)(=O)c2ccc(Cl)cc2F)c1. The maximum atomic E-state index is 13.6. The summed E-state index contributed by atoms with van der Waals surface area (Å²) in [6.45, 7) is 0. The van der Waals surface area contributed by atoms with Gasteiger partial charge in [0.15, 0.2) is 0 Å². The average molecular weight is 301 g/mol. The van der Waals surface area contributed by atoms with Crippen LogP contribution in [0.2, 0.25) is 5.02 Å². The highest BCUT2D eigenvalue weighted by atomic mass is 35.5. The van der Waals surface area contributed by atoms with Crippen molar-refractivity contribution in [3.05, 3.63) is 53.3 Å². The molecule has 0 bridgehead atoms. The molecule has 100 valence electrons. The second kappa shape index (κ2) is 5.07. The number of anilines is 2. The van der Waals surface area contributed by atoms with Gasteiger partial charge in [-0.2, -0.15) is 0 Å². The lowest BCUT2D eigenvalue weighted by atomic mass is 10.3. The molecule has 4 nitrogen and oxygen atoms in total. The summed E-state index contributed by atoms with van der Waals surface area (Å²) in [7, 11) is -4.02. The molecule has 0 aliphatic heterocycles. The minimum absolute atomic E-state index is 0.125. The first-order chi connectivity index (χ1) is 8.88. The summed E-state index contributed by atoms with van der Waals surface area (Å²) in [6.07, 6.45) is 0. The van der Waals surface area contributed by atoms with Gasteiger partial charge >= 0.3 is 0 Å². The van der Waals surface area contributed by atoms with Crippen molar-refractivity contribution in [1.29, 1.82) is 0 Å². The Labute approximate surface area is 115 Å². The molecule has 2 rings (SSSR count). The van der Waals surface area contributed by atoms with Crippen LogP contribution in [-0.2, 0) is 10.0 Å². The summed E-state index contributed by atoms with van der Waals surface area (Å²) in [4.78, 5) is -0.473. The van der Waals surface area contributed by atoms with Crippen molar-refractivity contribution in [1.82, 2.24) is 0 Å². The van der Waals surface area contributed by atoms with Gasteiger partial charge in [-0.1, -0.05) is 17.7 Å². The highest BCUT2D eigenvalue weighted by molar-refractivity contribution is 7.92. The number of hydrogen-bond acceptors (Lipinski definition) is 3. The second-order valence-electron chi connectivity index (χ2n) is 3.81. The third kappa shape index (κ3) is 3.15. The van der Waals surface area contributed by atoms with E-state index in [1.165, 1.54) is 18.2 Å². The van der Waals surface area contributed by atoms with E-state index in [0.29, 0.717) is 5.69 Å². The van der Waals surface area contributed by atoms with Gasteiger partial charge in [0.2, 0.25) is 0 Å². The largest absolute Gasteiger partial charge is 0.399 e. The maximum absolute atomic E-state index is 13.6. The van der Waals surface area contributed by atoms with E-state index >= 15 is 0 Å². The number of nitrogens with one attached hydrogen (secondary N) is 1. The van der Waals surface area contributed by atoms with Crippen molar-refractivity contribution in [3.8, 4) is 0 Å². The zero-order chi connectivity index (χ0) is 14.0.